The Morgan fingerprint density at radius 1 is 0.579 bits per heavy atom. The molecule has 0 spiro atoms. The summed E-state index contributed by atoms with van der Waals surface area (Å²) in [6, 6.07) is 43.6. The van der Waals surface area contributed by atoms with Crippen LogP contribution in [0.25, 0.3) is 17.7 Å². The first-order chi connectivity index (χ1) is 17.4. The number of halogens is 2. The van der Waals surface area contributed by atoms with Crippen molar-refractivity contribution in [2.45, 2.75) is 5.92 Å². The van der Waals surface area contributed by atoms with Gasteiger partial charge >= 0.3 is 21.7 Å². The van der Waals surface area contributed by atoms with Crippen LogP contribution in [0, 0.1) is 10.4 Å². The summed E-state index contributed by atoms with van der Waals surface area (Å²) in [4.78, 5) is 0. The van der Waals surface area contributed by atoms with Crippen LogP contribution in [0.15, 0.2) is 127 Å². The summed E-state index contributed by atoms with van der Waals surface area (Å²) in [5.41, 5.74) is 8.94. The van der Waals surface area contributed by atoms with Gasteiger partial charge in [-0.1, -0.05) is 133 Å². The SMILES string of the molecule is [C-]1=c2ccccc2=c2ccc(=C(c3ccccc3)c3ccccc3)c(C3C=Cc4ccccc43)c21.[Cl-].[Cl-].[Ti+3]. The summed E-state index contributed by atoms with van der Waals surface area (Å²) in [5.74, 6) is 0.181. The molecule has 1 radical (unpaired) electrons. The summed E-state index contributed by atoms with van der Waals surface area (Å²) in [5, 5.41) is 4.99. The zero-order valence-electron chi connectivity index (χ0n) is 20.5. The van der Waals surface area contributed by atoms with Crippen LogP contribution in [0.5, 0.6) is 0 Å². The summed E-state index contributed by atoms with van der Waals surface area (Å²) in [6.45, 7) is 0. The molecule has 5 aromatic carbocycles. The molecule has 38 heavy (non-hydrogen) atoms. The Morgan fingerprint density at radius 3 is 1.89 bits per heavy atom. The van der Waals surface area contributed by atoms with Gasteiger partial charge in [0.2, 0.25) is 0 Å². The van der Waals surface area contributed by atoms with Gasteiger partial charge in [-0.3, -0.25) is 0 Å². The van der Waals surface area contributed by atoms with Crippen LogP contribution in [0.3, 0.4) is 0 Å². The normalized spacial score (nSPS) is 13.5. The van der Waals surface area contributed by atoms with Gasteiger partial charge in [-0.15, -0.1) is 33.4 Å². The third-order valence-corrected chi connectivity index (χ3v) is 7.23. The van der Waals surface area contributed by atoms with Gasteiger partial charge in [0.05, 0.1) is 0 Å². The second kappa shape index (κ2) is 11.7. The van der Waals surface area contributed by atoms with Crippen molar-refractivity contribution in [2.24, 2.45) is 0 Å². The van der Waals surface area contributed by atoms with Crippen molar-refractivity contribution in [3.05, 3.63) is 182 Å². The number of hydrogen-bond acceptors (Lipinski definition) is 0. The number of fused-ring (bicyclic) bond motifs is 3. The molecule has 1 unspecified atom stereocenters. The number of allylic oxidation sites excluding steroid dienone is 1. The maximum atomic E-state index is 3.81. The molecule has 0 bridgehead atoms. The maximum absolute atomic E-state index is 3.81. The molecule has 7 rings (SSSR count). The van der Waals surface area contributed by atoms with Crippen LogP contribution >= 0.6 is 0 Å². The van der Waals surface area contributed by atoms with Crippen molar-refractivity contribution >= 4 is 17.7 Å². The van der Waals surface area contributed by atoms with E-state index in [2.05, 4.69) is 140 Å². The van der Waals surface area contributed by atoms with Gasteiger partial charge in [0.25, 0.3) is 0 Å². The molecule has 0 heterocycles. The fraction of sp³-hybridized carbons (Fsp3) is 0.0286. The molecule has 0 fully saturated rings. The first kappa shape index (κ1) is 27.9. The van der Waals surface area contributed by atoms with E-state index >= 15 is 0 Å². The second-order valence-corrected chi connectivity index (χ2v) is 9.19. The molecule has 3 heteroatoms. The Kier molecular flexibility index (Phi) is 8.61. The van der Waals surface area contributed by atoms with Gasteiger partial charge in [0.1, 0.15) is 0 Å². The monoisotopic (exact) mass is 561 g/mol. The van der Waals surface area contributed by atoms with E-state index in [1.165, 1.54) is 59.8 Å². The Bertz CT molecular complexity index is 1800. The van der Waals surface area contributed by atoms with Crippen molar-refractivity contribution < 1.29 is 46.5 Å². The number of benzene rings is 5. The molecule has 2 aliphatic rings. The molecule has 0 saturated heterocycles. The van der Waals surface area contributed by atoms with Crippen LogP contribution in [0.2, 0.25) is 0 Å². The van der Waals surface area contributed by atoms with E-state index < -0.39 is 0 Å². The predicted octanol–water partition coefficient (Wildman–Crippen LogP) is 0.404. The summed E-state index contributed by atoms with van der Waals surface area (Å²) in [6.07, 6.45) is 8.44. The van der Waals surface area contributed by atoms with Crippen molar-refractivity contribution in [3.8, 4) is 0 Å². The first-order valence-corrected chi connectivity index (χ1v) is 12.2. The van der Waals surface area contributed by atoms with Gasteiger partial charge in [0.15, 0.2) is 0 Å². The van der Waals surface area contributed by atoms with E-state index in [-0.39, 0.29) is 52.4 Å². The molecule has 0 nitrogen and oxygen atoms in total. The van der Waals surface area contributed by atoms with E-state index in [9.17, 15) is 0 Å². The molecule has 0 aromatic heterocycles. The molecule has 0 N–H and O–H groups in total. The van der Waals surface area contributed by atoms with E-state index in [1.54, 1.807) is 0 Å². The number of rotatable bonds is 3. The average Bonchev–Trinajstić information content (AvgIpc) is 3.52. The zero-order chi connectivity index (χ0) is 23.2. The zero-order valence-corrected chi connectivity index (χ0v) is 23.6. The summed E-state index contributed by atoms with van der Waals surface area (Å²) < 4.78 is 0. The molecule has 0 amide bonds. The largest absolute Gasteiger partial charge is 3.00 e. The Balaban J connectivity index is 0.00000112. The van der Waals surface area contributed by atoms with E-state index in [4.69, 9.17) is 0 Å². The van der Waals surface area contributed by atoms with Crippen LogP contribution < -0.4 is 35.3 Å². The fourth-order valence-corrected chi connectivity index (χ4v) is 5.67. The van der Waals surface area contributed by atoms with E-state index in [0.29, 0.717) is 0 Å². The Morgan fingerprint density at radius 2 is 1.18 bits per heavy atom. The minimum Gasteiger partial charge on any atom is -1.00 e. The predicted molar refractivity (Wildman–Crippen MR) is 144 cm³/mol. The van der Waals surface area contributed by atoms with Crippen LogP contribution in [0.1, 0.15) is 39.3 Å². The van der Waals surface area contributed by atoms with Crippen LogP contribution in [0.4, 0.5) is 0 Å². The third kappa shape index (κ3) is 4.64. The molecule has 2 aliphatic carbocycles. The third-order valence-electron chi connectivity index (χ3n) is 7.23. The van der Waals surface area contributed by atoms with E-state index in [0.717, 1.165) is 0 Å². The average molecular weight is 562 g/mol. The standard InChI is InChI=1S/C35H23.2ClH.Ti/c1-3-12-25(13-4-1)34(26-14-5-2-6-15-26)32-22-21-30-29-18-10-8-16-27(29)23-33(30)35(32)31-20-19-24-11-7-9-17-28(24)31;;;/h1-22,31H;2*1H;/q-1;;;+3/p-2. The van der Waals surface area contributed by atoms with E-state index in [1.807, 2.05) is 0 Å². The van der Waals surface area contributed by atoms with Gasteiger partial charge in [0, 0.05) is 5.92 Å². The Hall–Kier alpha value is -3.13. The first-order valence-electron chi connectivity index (χ1n) is 12.2. The summed E-state index contributed by atoms with van der Waals surface area (Å²) >= 11 is 0. The molecular weight excluding hydrogens is 539 g/mol. The van der Waals surface area contributed by atoms with Gasteiger partial charge < -0.3 is 24.8 Å². The topological polar surface area (TPSA) is 0 Å². The molecule has 5 aromatic rings. The molecule has 181 valence electrons. The van der Waals surface area contributed by atoms with Gasteiger partial charge in [-0.05, 0) is 33.0 Å². The molecule has 0 saturated carbocycles. The molecular formula is C35H23Cl2Ti. The van der Waals surface area contributed by atoms with Crippen LogP contribution in [-0.4, -0.2) is 0 Å². The van der Waals surface area contributed by atoms with Gasteiger partial charge in [-0.2, -0.15) is 0 Å². The fourth-order valence-electron chi connectivity index (χ4n) is 5.67. The van der Waals surface area contributed by atoms with Gasteiger partial charge in [-0.25, -0.2) is 0 Å². The minimum atomic E-state index is 0. The van der Waals surface area contributed by atoms with Crippen molar-refractivity contribution in [1.82, 2.24) is 0 Å². The quantitative estimate of drug-likeness (QED) is 0.217. The smallest absolute Gasteiger partial charge is 1.00 e. The summed E-state index contributed by atoms with van der Waals surface area (Å²) in [7, 11) is 0. The Labute approximate surface area is 250 Å². The van der Waals surface area contributed by atoms with Crippen molar-refractivity contribution in [3.63, 3.8) is 0 Å². The van der Waals surface area contributed by atoms with Crippen molar-refractivity contribution in [2.75, 3.05) is 0 Å². The molecule has 1 atom stereocenters. The van der Waals surface area contributed by atoms with Crippen LogP contribution in [-0.2, 0) is 21.7 Å². The second-order valence-electron chi connectivity index (χ2n) is 9.19. The number of hydrogen-bond donors (Lipinski definition) is 0. The van der Waals surface area contributed by atoms with Crippen molar-refractivity contribution in [1.29, 1.82) is 0 Å². The maximum Gasteiger partial charge on any atom is 3.00 e. The molecule has 0 aliphatic heterocycles. The minimum absolute atomic E-state index is 0.